The van der Waals surface area contributed by atoms with Gasteiger partial charge in [-0.15, -0.1) is 0 Å². The molecule has 7 nitrogen and oxygen atoms in total. The molecule has 1 N–H and O–H groups in total. The first-order chi connectivity index (χ1) is 16.0. The van der Waals surface area contributed by atoms with Crippen molar-refractivity contribution in [3.05, 3.63) is 88.8 Å². The van der Waals surface area contributed by atoms with Crippen molar-refractivity contribution in [3.63, 3.8) is 0 Å². The third kappa shape index (κ3) is 3.51. The number of Topliss-reactive ketones (excluding diaryl/α,β-unsaturated/α-hetero) is 1. The highest BCUT2D eigenvalue weighted by atomic mass is 16.6. The Morgan fingerprint density at radius 2 is 1.70 bits per heavy atom. The maximum absolute atomic E-state index is 13.3. The van der Waals surface area contributed by atoms with Gasteiger partial charge in [-0.3, -0.25) is 19.5 Å². The largest absolute Gasteiger partial charge is 0.507 e. The van der Waals surface area contributed by atoms with Crippen LogP contribution in [0, 0.1) is 13.8 Å². The Bertz CT molecular complexity index is 1300. The first kappa shape index (κ1) is 20.8. The summed E-state index contributed by atoms with van der Waals surface area (Å²) in [6, 6.07) is 13.4. The minimum Gasteiger partial charge on any atom is -0.507 e. The van der Waals surface area contributed by atoms with Crippen LogP contribution in [0.5, 0.6) is 11.5 Å². The minimum atomic E-state index is -0.804. The van der Waals surface area contributed by atoms with Crippen molar-refractivity contribution >= 4 is 23.1 Å². The molecule has 0 bridgehead atoms. The average Bonchev–Trinajstić information content (AvgIpc) is 3.10. The molecule has 0 aliphatic carbocycles. The summed E-state index contributed by atoms with van der Waals surface area (Å²) in [4.78, 5) is 32.1. The smallest absolute Gasteiger partial charge is 0.300 e. The fraction of sp³-hybridized carbons (Fsp3) is 0.192. The van der Waals surface area contributed by atoms with E-state index in [0.29, 0.717) is 41.5 Å². The number of carbonyl (C=O) groups is 2. The van der Waals surface area contributed by atoms with E-state index in [1.54, 1.807) is 42.7 Å². The fourth-order valence-corrected chi connectivity index (χ4v) is 4.27. The number of pyridine rings is 1. The van der Waals surface area contributed by atoms with Crippen LogP contribution in [-0.2, 0) is 9.59 Å². The first-order valence-corrected chi connectivity index (χ1v) is 10.6. The summed E-state index contributed by atoms with van der Waals surface area (Å²) in [6.07, 6.45) is 3.20. The number of nitrogens with zero attached hydrogens (tertiary/aromatic N) is 2. The number of ether oxygens (including phenoxy) is 2. The highest BCUT2D eigenvalue weighted by Gasteiger charge is 2.47. The van der Waals surface area contributed by atoms with Crippen LogP contribution in [0.4, 0.5) is 5.69 Å². The Hall–Kier alpha value is -4.13. The molecule has 2 aromatic carbocycles. The molecule has 0 radical (unpaired) electrons. The molecule has 1 saturated heterocycles. The maximum atomic E-state index is 13.3. The highest BCUT2D eigenvalue weighted by Crippen LogP contribution is 2.44. The van der Waals surface area contributed by atoms with Gasteiger partial charge in [0.05, 0.1) is 11.6 Å². The van der Waals surface area contributed by atoms with Crippen molar-refractivity contribution in [1.29, 1.82) is 0 Å². The van der Waals surface area contributed by atoms with E-state index < -0.39 is 17.7 Å². The summed E-state index contributed by atoms with van der Waals surface area (Å²) in [5.74, 6) is -0.650. The van der Waals surface area contributed by atoms with Gasteiger partial charge in [-0.1, -0.05) is 12.1 Å². The monoisotopic (exact) mass is 442 g/mol. The molecule has 5 rings (SSSR count). The number of aromatic nitrogens is 1. The number of aliphatic hydroxyl groups is 1. The molecule has 0 saturated carbocycles. The van der Waals surface area contributed by atoms with E-state index in [1.165, 1.54) is 4.90 Å². The fourth-order valence-electron chi connectivity index (χ4n) is 4.27. The number of ketones is 1. The Morgan fingerprint density at radius 3 is 2.45 bits per heavy atom. The first-order valence-electron chi connectivity index (χ1n) is 10.6. The van der Waals surface area contributed by atoms with E-state index in [1.807, 2.05) is 32.0 Å². The molecule has 3 aromatic rings. The third-order valence-electron chi connectivity index (χ3n) is 5.91. The Morgan fingerprint density at radius 1 is 0.970 bits per heavy atom. The summed E-state index contributed by atoms with van der Waals surface area (Å²) >= 11 is 0. The number of hydrogen-bond acceptors (Lipinski definition) is 6. The molecule has 2 aliphatic rings. The zero-order valence-corrected chi connectivity index (χ0v) is 18.2. The second-order valence-electron chi connectivity index (χ2n) is 8.10. The standard InChI is InChI=1S/C26H22N2O5/c1-15-3-4-16(2)19(13-15)28-23(17-7-9-27-10-8-17)22(25(30)26(28)31)24(29)18-5-6-20-21(14-18)33-12-11-32-20/h3-10,13-14,23,29H,11-12H2,1-2H3/b24-22-. The summed E-state index contributed by atoms with van der Waals surface area (Å²) in [5, 5.41) is 11.3. The number of hydrogen-bond donors (Lipinski definition) is 1. The van der Waals surface area contributed by atoms with Crippen LogP contribution in [0.25, 0.3) is 5.76 Å². The van der Waals surface area contributed by atoms with Crippen LogP contribution in [0.1, 0.15) is 28.3 Å². The van der Waals surface area contributed by atoms with Gasteiger partial charge in [0.1, 0.15) is 19.0 Å². The average molecular weight is 442 g/mol. The molecule has 1 atom stereocenters. The Kier molecular flexibility index (Phi) is 5.09. The molecule has 7 heteroatoms. The van der Waals surface area contributed by atoms with E-state index in [9.17, 15) is 14.7 Å². The summed E-state index contributed by atoms with van der Waals surface area (Å²) in [7, 11) is 0. The number of aryl methyl sites for hydroxylation is 2. The number of anilines is 1. The number of rotatable bonds is 3. The predicted octanol–water partition coefficient (Wildman–Crippen LogP) is 4.10. The molecule has 1 unspecified atom stereocenters. The zero-order chi connectivity index (χ0) is 23.1. The molecule has 33 heavy (non-hydrogen) atoms. The van der Waals surface area contributed by atoms with Crippen molar-refractivity contribution in [1.82, 2.24) is 4.98 Å². The quantitative estimate of drug-likeness (QED) is 0.373. The number of benzene rings is 2. The van der Waals surface area contributed by atoms with Gasteiger partial charge in [0.15, 0.2) is 11.5 Å². The second-order valence-corrected chi connectivity index (χ2v) is 8.10. The normalized spacial score (nSPS) is 19.1. The molecule has 166 valence electrons. The maximum Gasteiger partial charge on any atom is 0.300 e. The van der Waals surface area contributed by atoms with Gasteiger partial charge in [-0.05, 0) is 66.9 Å². The summed E-state index contributed by atoms with van der Waals surface area (Å²) < 4.78 is 11.2. The van der Waals surface area contributed by atoms with Gasteiger partial charge in [0, 0.05) is 23.6 Å². The number of carbonyl (C=O) groups excluding carboxylic acids is 2. The Labute approximate surface area is 190 Å². The molecule has 1 amide bonds. The van der Waals surface area contributed by atoms with E-state index in [2.05, 4.69) is 4.98 Å². The van der Waals surface area contributed by atoms with Crippen LogP contribution >= 0.6 is 0 Å². The highest BCUT2D eigenvalue weighted by molar-refractivity contribution is 6.51. The molecular weight excluding hydrogens is 420 g/mol. The van der Waals surface area contributed by atoms with Crippen molar-refractivity contribution < 1.29 is 24.2 Å². The molecule has 3 heterocycles. The third-order valence-corrected chi connectivity index (χ3v) is 5.91. The van der Waals surface area contributed by atoms with Gasteiger partial charge in [0.2, 0.25) is 0 Å². The van der Waals surface area contributed by atoms with Crippen LogP contribution in [0.2, 0.25) is 0 Å². The zero-order valence-electron chi connectivity index (χ0n) is 18.2. The van der Waals surface area contributed by atoms with Gasteiger partial charge in [-0.2, -0.15) is 0 Å². The lowest BCUT2D eigenvalue weighted by atomic mass is 9.95. The van der Waals surface area contributed by atoms with Crippen molar-refractivity contribution in [3.8, 4) is 11.5 Å². The minimum absolute atomic E-state index is 0.0174. The van der Waals surface area contributed by atoms with Gasteiger partial charge < -0.3 is 14.6 Å². The lowest BCUT2D eigenvalue weighted by molar-refractivity contribution is -0.132. The predicted molar refractivity (Wildman–Crippen MR) is 122 cm³/mol. The lowest BCUT2D eigenvalue weighted by Gasteiger charge is -2.27. The van der Waals surface area contributed by atoms with Gasteiger partial charge in [0.25, 0.3) is 11.7 Å². The van der Waals surface area contributed by atoms with Gasteiger partial charge >= 0.3 is 0 Å². The molecule has 1 aromatic heterocycles. The molecule has 0 spiro atoms. The SMILES string of the molecule is Cc1ccc(C)c(N2C(=O)C(=O)/C(=C(\O)c3ccc4c(c3)OCCO4)C2c2ccncc2)c1. The number of aliphatic hydroxyl groups excluding tert-OH is 1. The molecule has 1 fully saturated rings. The lowest BCUT2D eigenvalue weighted by Crippen LogP contribution is -2.30. The topological polar surface area (TPSA) is 89.0 Å². The molecule has 2 aliphatic heterocycles. The second kappa shape index (κ2) is 8.09. The van der Waals surface area contributed by atoms with E-state index >= 15 is 0 Å². The van der Waals surface area contributed by atoms with Crippen LogP contribution < -0.4 is 14.4 Å². The van der Waals surface area contributed by atoms with E-state index in [4.69, 9.17) is 9.47 Å². The Balaban J connectivity index is 1.71. The molecular formula is C26H22N2O5. The van der Waals surface area contributed by atoms with Crippen molar-refractivity contribution in [2.45, 2.75) is 19.9 Å². The van der Waals surface area contributed by atoms with E-state index in [-0.39, 0.29) is 11.3 Å². The van der Waals surface area contributed by atoms with E-state index in [0.717, 1.165) is 11.1 Å². The van der Waals surface area contributed by atoms with Crippen molar-refractivity contribution in [2.24, 2.45) is 0 Å². The summed E-state index contributed by atoms with van der Waals surface area (Å²) in [6.45, 7) is 4.65. The van der Waals surface area contributed by atoms with Crippen LogP contribution in [0.3, 0.4) is 0 Å². The van der Waals surface area contributed by atoms with Crippen LogP contribution in [-0.4, -0.2) is 35.0 Å². The number of amides is 1. The summed E-state index contributed by atoms with van der Waals surface area (Å²) in [5.41, 5.74) is 3.49. The van der Waals surface area contributed by atoms with Crippen LogP contribution in [0.15, 0.2) is 66.5 Å². The van der Waals surface area contributed by atoms with Gasteiger partial charge in [-0.25, -0.2) is 0 Å². The van der Waals surface area contributed by atoms with Crippen molar-refractivity contribution in [2.75, 3.05) is 18.1 Å². The number of fused-ring (bicyclic) bond motifs is 1.